The predicted molar refractivity (Wildman–Crippen MR) is 72.7 cm³/mol. The van der Waals surface area contributed by atoms with Crippen molar-refractivity contribution in [1.29, 1.82) is 0 Å². The average molecular weight is 264 g/mol. The van der Waals surface area contributed by atoms with Crippen molar-refractivity contribution in [2.24, 2.45) is 0 Å². The highest BCUT2D eigenvalue weighted by atomic mass is 32.2. The molecule has 1 aromatic rings. The molecular formula is C14H16O3S. The highest BCUT2D eigenvalue weighted by molar-refractivity contribution is 8.00. The fraction of sp³-hybridized carbons (Fsp3) is 0.357. The lowest BCUT2D eigenvalue weighted by Crippen LogP contribution is -2.06. The number of hydrogen-bond donors (Lipinski definition) is 0. The molecule has 0 spiro atoms. The van der Waals surface area contributed by atoms with Crippen LogP contribution in [0.5, 0.6) is 5.75 Å². The van der Waals surface area contributed by atoms with Crippen molar-refractivity contribution < 1.29 is 14.3 Å². The number of esters is 1. The second-order valence-electron chi connectivity index (χ2n) is 3.28. The summed E-state index contributed by atoms with van der Waals surface area (Å²) < 4.78 is 10.2. The normalized spacial score (nSPS) is 9.22. The average Bonchev–Trinajstić information content (AvgIpc) is 2.38. The first kappa shape index (κ1) is 14.5. The maximum absolute atomic E-state index is 11.2. The van der Waals surface area contributed by atoms with Crippen LogP contribution in [0.15, 0.2) is 29.2 Å². The molecule has 0 saturated heterocycles. The largest absolute Gasteiger partial charge is 0.481 e. The summed E-state index contributed by atoms with van der Waals surface area (Å²) in [6.45, 7) is 4.39. The van der Waals surface area contributed by atoms with Crippen molar-refractivity contribution in [3.05, 3.63) is 24.3 Å². The number of rotatable bonds is 6. The predicted octanol–water partition coefficient (Wildman–Crippen LogP) is 2.74. The van der Waals surface area contributed by atoms with Crippen molar-refractivity contribution in [2.45, 2.75) is 18.7 Å². The van der Waals surface area contributed by atoms with E-state index in [-0.39, 0.29) is 5.97 Å². The Labute approximate surface area is 112 Å². The molecule has 0 N–H and O–H groups in total. The Kier molecular flexibility index (Phi) is 6.82. The second kappa shape index (κ2) is 8.48. The van der Waals surface area contributed by atoms with Gasteiger partial charge >= 0.3 is 5.97 Å². The van der Waals surface area contributed by atoms with E-state index in [0.29, 0.717) is 19.0 Å². The van der Waals surface area contributed by atoms with Gasteiger partial charge in [-0.1, -0.05) is 5.92 Å². The maximum Gasteiger partial charge on any atom is 0.316 e. The lowest BCUT2D eigenvalue weighted by Gasteiger charge is -2.04. The van der Waals surface area contributed by atoms with Crippen LogP contribution in [0.4, 0.5) is 0 Å². The van der Waals surface area contributed by atoms with Crippen molar-refractivity contribution in [1.82, 2.24) is 0 Å². The third kappa shape index (κ3) is 5.65. The van der Waals surface area contributed by atoms with Gasteiger partial charge in [-0.25, -0.2) is 0 Å². The Bertz CT molecular complexity index is 429. The minimum Gasteiger partial charge on any atom is -0.481 e. The van der Waals surface area contributed by atoms with Crippen LogP contribution in [0, 0.1) is 11.8 Å². The van der Waals surface area contributed by atoms with Crippen molar-refractivity contribution in [2.75, 3.05) is 19.0 Å². The zero-order chi connectivity index (χ0) is 13.2. The van der Waals surface area contributed by atoms with E-state index in [1.807, 2.05) is 24.3 Å². The molecule has 3 nitrogen and oxygen atoms in total. The van der Waals surface area contributed by atoms with Gasteiger partial charge in [0.1, 0.15) is 12.4 Å². The van der Waals surface area contributed by atoms with Crippen LogP contribution >= 0.6 is 11.8 Å². The number of hydrogen-bond acceptors (Lipinski definition) is 4. The number of carbonyl (C=O) groups is 1. The van der Waals surface area contributed by atoms with Crippen LogP contribution in [-0.2, 0) is 9.53 Å². The van der Waals surface area contributed by atoms with Gasteiger partial charge in [0.2, 0.25) is 0 Å². The van der Waals surface area contributed by atoms with Gasteiger partial charge in [-0.05, 0) is 38.1 Å². The molecule has 0 bridgehead atoms. The van der Waals surface area contributed by atoms with Crippen LogP contribution in [-0.4, -0.2) is 24.9 Å². The molecule has 0 aliphatic carbocycles. The summed E-state index contributed by atoms with van der Waals surface area (Å²) >= 11 is 1.45. The zero-order valence-electron chi connectivity index (χ0n) is 10.6. The number of thioether (sulfide) groups is 1. The molecule has 96 valence electrons. The number of ether oxygens (including phenoxy) is 2. The van der Waals surface area contributed by atoms with Crippen LogP contribution in [0.25, 0.3) is 0 Å². The van der Waals surface area contributed by atoms with E-state index in [1.54, 1.807) is 13.8 Å². The number of carbonyl (C=O) groups excluding carboxylic acids is 1. The third-order valence-corrected chi connectivity index (χ3v) is 2.96. The van der Waals surface area contributed by atoms with Crippen LogP contribution in [0.2, 0.25) is 0 Å². The summed E-state index contributed by atoms with van der Waals surface area (Å²) in [7, 11) is 0. The van der Waals surface area contributed by atoms with Crippen LogP contribution in [0.3, 0.4) is 0 Å². The highest BCUT2D eigenvalue weighted by Gasteiger charge is 2.03. The van der Waals surface area contributed by atoms with E-state index >= 15 is 0 Å². The molecule has 18 heavy (non-hydrogen) atoms. The maximum atomic E-state index is 11.2. The summed E-state index contributed by atoms with van der Waals surface area (Å²) in [6.07, 6.45) is 0. The lowest BCUT2D eigenvalue weighted by molar-refractivity contribution is -0.139. The van der Waals surface area contributed by atoms with E-state index in [0.717, 1.165) is 10.6 Å². The Balaban J connectivity index is 2.39. The van der Waals surface area contributed by atoms with E-state index in [2.05, 4.69) is 11.8 Å². The smallest absolute Gasteiger partial charge is 0.316 e. The van der Waals surface area contributed by atoms with Crippen LogP contribution < -0.4 is 4.74 Å². The van der Waals surface area contributed by atoms with E-state index in [9.17, 15) is 4.79 Å². The molecule has 4 heteroatoms. The summed E-state index contributed by atoms with van der Waals surface area (Å²) in [5, 5.41) is 0. The molecule has 1 aromatic carbocycles. The Morgan fingerprint density at radius 1 is 1.33 bits per heavy atom. The van der Waals surface area contributed by atoms with E-state index < -0.39 is 0 Å². The van der Waals surface area contributed by atoms with Gasteiger partial charge in [-0.2, -0.15) is 0 Å². The van der Waals surface area contributed by atoms with Crippen molar-refractivity contribution in [3.8, 4) is 17.6 Å². The van der Waals surface area contributed by atoms with Gasteiger partial charge in [-0.3, -0.25) is 4.79 Å². The molecule has 0 radical (unpaired) electrons. The van der Waals surface area contributed by atoms with Gasteiger partial charge in [-0.15, -0.1) is 17.7 Å². The van der Waals surface area contributed by atoms with E-state index in [4.69, 9.17) is 9.47 Å². The Morgan fingerprint density at radius 3 is 2.67 bits per heavy atom. The summed E-state index contributed by atoms with van der Waals surface area (Å²) in [5.41, 5.74) is 0. The molecule has 0 heterocycles. The van der Waals surface area contributed by atoms with Gasteiger partial charge in [0.25, 0.3) is 0 Å². The minimum absolute atomic E-state index is 0.193. The summed E-state index contributed by atoms with van der Waals surface area (Å²) in [5.74, 6) is 6.50. The van der Waals surface area contributed by atoms with Crippen LogP contribution in [0.1, 0.15) is 13.8 Å². The van der Waals surface area contributed by atoms with Crippen molar-refractivity contribution in [3.63, 3.8) is 0 Å². The zero-order valence-corrected chi connectivity index (χ0v) is 11.4. The molecular weight excluding hydrogens is 248 g/mol. The first-order chi connectivity index (χ1) is 8.76. The molecule has 0 unspecified atom stereocenters. The number of benzene rings is 1. The van der Waals surface area contributed by atoms with E-state index in [1.165, 1.54) is 11.8 Å². The second-order valence-corrected chi connectivity index (χ2v) is 4.33. The Morgan fingerprint density at radius 2 is 2.06 bits per heavy atom. The topological polar surface area (TPSA) is 35.5 Å². The molecule has 0 saturated carbocycles. The molecule has 0 aliphatic heterocycles. The molecule has 0 aromatic heterocycles. The fourth-order valence-electron chi connectivity index (χ4n) is 1.17. The first-order valence-electron chi connectivity index (χ1n) is 5.67. The molecule has 0 aliphatic rings. The SMILES string of the molecule is CC#CCOc1ccc(SCC(=O)OCC)cc1. The third-order valence-electron chi connectivity index (χ3n) is 1.97. The quantitative estimate of drug-likeness (QED) is 0.449. The fourth-order valence-corrected chi connectivity index (χ4v) is 1.86. The Hall–Kier alpha value is -1.60. The monoisotopic (exact) mass is 264 g/mol. The van der Waals surface area contributed by atoms with Gasteiger partial charge in [0, 0.05) is 4.90 Å². The van der Waals surface area contributed by atoms with Gasteiger partial charge in [0.05, 0.1) is 12.4 Å². The molecule has 0 amide bonds. The van der Waals surface area contributed by atoms with Gasteiger partial charge < -0.3 is 9.47 Å². The molecule has 1 rings (SSSR count). The summed E-state index contributed by atoms with van der Waals surface area (Å²) in [6, 6.07) is 7.56. The van der Waals surface area contributed by atoms with Crippen molar-refractivity contribution >= 4 is 17.7 Å². The minimum atomic E-state index is -0.193. The highest BCUT2D eigenvalue weighted by Crippen LogP contribution is 2.21. The molecule has 0 atom stereocenters. The standard InChI is InChI=1S/C14H16O3S/c1-3-5-10-17-12-6-8-13(9-7-12)18-11-14(15)16-4-2/h6-9H,4,10-11H2,1-2H3. The van der Waals surface area contributed by atoms with Gasteiger partial charge in [0.15, 0.2) is 0 Å². The lowest BCUT2D eigenvalue weighted by atomic mass is 10.3. The molecule has 0 fully saturated rings. The summed E-state index contributed by atoms with van der Waals surface area (Å²) in [4.78, 5) is 12.2. The first-order valence-corrected chi connectivity index (χ1v) is 6.65.